The Balaban J connectivity index is 2.75. The van der Waals surface area contributed by atoms with Crippen molar-refractivity contribution in [2.45, 2.75) is 33.2 Å². The van der Waals surface area contributed by atoms with Gasteiger partial charge in [0.15, 0.2) is 0 Å². The van der Waals surface area contributed by atoms with Gasteiger partial charge in [-0.05, 0) is 24.0 Å². The van der Waals surface area contributed by atoms with E-state index in [1.807, 2.05) is 19.1 Å². The van der Waals surface area contributed by atoms with Gasteiger partial charge in [0, 0.05) is 5.02 Å². The first kappa shape index (κ1) is 15.5. The third kappa shape index (κ3) is 4.24. The molecule has 0 bridgehead atoms. The van der Waals surface area contributed by atoms with Crippen LogP contribution < -0.4 is 5.32 Å². The molecule has 0 saturated heterocycles. The van der Waals surface area contributed by atoms with Crippen molar-refractivity contribution in [2.75, 3.05) is 0 Å². The van der Waals surface area contributed by atoms with Crippen LogP contribution in [0.3, 0.4) is 0 Å². The third-order valence-electron chi connectivity index (χ3n) is 2.87. The monoisotopic (exact) mass is 283 g/mol. The Kier molecular flexibility index (Phi) is 5.36. The molecule has 0 spiro atoms. The van der Waals surface area contributed by atoms with E-state index >= 15 is 0 Å². The van der Waals surface area contributed by atoms with E-state index in [9.17, 15) is 9.59 Å². The highest BCUT2D eigenvalue weighted by atomic mass is 35.5. The second-order valence-electron chi connectivity index (χ2n) is 4.85. The van der Waals surface area contributed by atoms with Crippen LogP contribution in [0.1, 0.15) is 25.0 Å². The lowest BCUT2D eigenvalue weighted by Gasteiger charge is -2.18. The first-order chi connectivity index (χ1) is 8.82. The number of rotatable bonds is 5. The van der Waals surface area contributed by atoms with E-state index in [0.717, 1.165) is 5.56 Å². The molecule has 0 aliphatic heterocycles. The first-order valence-electron chi connectivity index (χ1n) is 6.09. The molecule has 0 heterocycles. The van der Waals surface area contributed by atoms with Crippen LogP contribution in [0.25, 0.3) is 0 Å². The van der Waals surface area contributed by atoms with Crippen molar-refractivity contribution in [2.24, 2.45) is 5.92 Å². The Morgan fingerprint density at radius 2 is 2.00 bits per heavy atom. The van der Waals surface area contributed by atoms with Crippen molar-refractivity contribution < 1.29 is 14.7 Å². The van der Waals surface area contributed by atoms with Crippen LogP contribution in [0.5, 0.6) is 0 Å². The molecule has 1 rings (SSSR count). The van der Waals surface area contributed by atoms with Gasteiger partial charge < -0.3 is 10.4 Å². The Labute approximate surface area is 117 Å². The smallest absolute Gasteiger partial charge is 0.326 e. The lowest BCUT2D eigenvalue weighted by atomic mass is 10.0. The normalized spacial score (nSPS) is 12.3. The molecule has 0 aliphatic rings. The number of halogens is 1. The molecule has 0 unspecified atom stereocenters. The largest absolute Gasteiger partial charge is 0.480 e. The fraction of sp³-hybridized carbons (Fsp3) is 0.429. The molecule has 0 fully saturated rings. The van der Waals surface area contributed by atoms with Gasteiger partial charge in [0.25, 0.3) is 0 Å². The van der Waals surface area contributed by atoms with Crippen LogP contribution in [0.4, 0.5) is 0 Å². The van der Waals surface area contributed by atoms with Gasteiger partial charge in [0.05, 0.1) is 6.42 Å². The van der Waals surface area contributed by atoms with Crippen molar-refractivity contribution in [3.05, 3.63) is 34.3 Å². The Morgan fingerprint density at radius 1 is 1.37 bits per heavy atom. The highest BCUT2D eigenvalue weighted by Gasteiger charge is 2.23. The van der Waals surface area contributed by atoms with Crippen molar-refractivity contribution in [1.82, 2.24) is 5.32 Å². The summed E-state index contributed by atoms with van der Waals surface area (Å²) in [5.74, 6) is -1.54. The van der Waals surface area contributed by atoms with E-state index in [1.165, 1.54) is 0 Å². The zero-order valence-electron chi connectivity index (χ0n) is 11.2. The van der Waals surface area contributed by atoms with Crippen LogP contribution in [-0.4, -0.2) is 23.0 Å². The number of hydrogen-bond acceptors (Lipinski definition) is 2. The minimum Gasteiger partial charge on any atom is -0.480 e. The Bertz CT molecular complexity index is 486. The highest BCUT2D eigenvalue weighted by Crippen LogP contribution is 2.20. The van der Waals surface area contributed by atoms with Gasteiger partial charge >= 0.3 is 5.97 Å². The Morgan fingerprint density at radius 3 is 2.53 bits per heavy atom. The van der Waals surface area contributed by atoms with E-state index in [4.69, 9.17) is 16.7 Å². The maximum Gasteiger partial charge on any atom is 0.326 e. The highest BCUT2D eigenvalue weighted by molar-refractivity contribution is 6.32. The number of aryl methyl sites for hydroxylation is 1. The van der Waals surface area contributed by atoms with Crippen LogP contribution in [0.15, 0.2) is 18.2 Å². The summed E-state index contributed by atoms with van der Waals surface area (Å²) in [5.41, 5.74) is 1.60. The number of aliphatic carboxylic acids is 1. The van der Waals surface area contributed by atoms with Gasteiger partial charge in [-0.1, -0.05) is 43.6 Å². The maximum atomic E-state index is 11.9. The van der Waals surface area contributed by atoms with Crippen LogP contribution in [0, 0.1) is 12.8 Å². The molecule has 0 saturated carbocycles. The molecule has 0 aliphatic carbocycles. The lowest BCUT2D eigenvalue weighted by Crippen LogP contribution is -2.44. The van der Waals surface area contributed by atoms with E-state index in [1.54, 1.807) is 19.9 Å². The molecule has 1 atom stereocenters. The van der Waals surface area contributed by atoms with Gasteiger partial charge in [0.2, 0.25) is 5.91 Å². The van der Waals surface area contributed by atoms with E-state index in [-0.39, 0.29) is 18.2 Å². The zero-order valence-corrected chi connectivity index (χ0v) is 12.0. The molecule has 1 aromatic rings. The number of carboxylic acid groups (broad SMARTS) is 1. The van der Waals surface area contributed by atoms with E-state index < -0.39 is 12.0 Å². The summed E-state index contributed by atoms with van der Waals surface area (Å²) in [5, 5.41) is 12.1. The van der Waals surface area contributed by atoms with Crippen LogP contribution in [-0.2, 0) is 16.0 Å². The summed E-state index contributed by atoms with van der Waals surface area (Å²) in [7, 11) is 0. The number of carboxylic acids is 1. The molecule has 19 heavy (non-hydrogen) atoms. The molecule has 2 N–H and O–H groups in total. The number of carbonyl (C=O) groups is 2. The van der Waals surface area contributed by atoms with Gasteiger partial charge in [-0.2, -0.15) is 0 Å². The summed E-state index contributed by atoms with van der Waals surface area (Å²) in [6.07, 6.45) is 0.0804. The van der Waals surface area contributed by atoms with Crippen LogP contribution in [0.2, 0.25) is 5.02 Å². The maximum absolute atomic E-state index is 11.9. The summed E-state index contributed by atoms with van der Waals surface area (Å²) >= 11 is 6.10. The van der Waals surface area contributed by atoms with Crippen molar-refractivity contribution in [1.29, 1.82) is 0 Å². The minimum atomic E-state index is -1.03. The number of amides is 1. The molecule has 4 nitrogen and oxygen atoms in total. The summed E-state index contributed by atoms with van der Waals surface area (Å²) in [4.78, 5) is 22.9. The molecule has 104 valence electrons. The molecule has 0 radical (unpaired) electrons. The topological polar surface area (TPSA) is 66.4 Å². The summed E-state index contributed by atoms with van der Waals surface area (Å²) < 4.78 is 0. The number of carbonyl (C=O) groups excluding carboxylic acids is 1. The molecule has 1 amide bonds. The molecule has 5 heteroatoms. The number of hydrogen-bond donors (Lipinski definition) is 2. The van der Waals surface area contributed by atoms with Gasteiger partial charge in [-0.25, -0.2) is 4.79 Å². The fourth-order valence-electron chi connectivity index (χ4n) is 1.76. The Hall–Kier alpha value is -1.55. The predicted molar refractivity (Wildman–Crippen MR) is 74.3 cm³/mol. The first-order valence-corrected chi connectivity index (χ1v) is 6.47. The third-order valence-corrected chi connectivity index (χ3v) is 3.41. The van der Waals surface area contributed by atoms with Gasteiger partial charge in [0.1, 0.15) is 6.04 Å². The zero-order chi connectivity index (χ0) is 14.6. The predicted octanol–water partition coefficient (Wildman–Crippen LogP) is 2.42. The summed E-state index contributed by atoms with van der Waals surface area (Å²) in [6.45, 7) is 5.36. The SMILES string of the molecule is Cc1cccc(CC(=O)N[C@H](C(=O)O)C(C)C)c1Cl. The second-order valence-corrected chi connectivity index (χ2v) is 5.23. The molecular formula is C14H18ClNO3. The quantitative estimate of drug-likeness (QED) is 0.872. The number of benzene rings is 1. The number of nitrogens with one attached hydrogen (secondary N) is 1. The van der Waals surface area contributed by atoms with Crippen molar-refractivity contribution >= 4 is 23.5 Å². The van der Waals surface area contributed by atoms with Gasteiger partial charge in [-0.3, -0.25) is 4.79 Å². The molecule has 0 aromatic heterocycles. The summed E-state index contributed by atoms with van der Waals surface area (Å²) in [6, 6.07) is 4.56. The van der Waals surface area contributed by atoms with Crippen molar-refractivity contribution in [3.8, 4) is 0 Å². The van der Waals surface area contributed by atoms with E-state index in [2.05, 4.69) is 5.32 Å². The lowest BCUT2D eigenvalue weighted by molar-refractivity contribution is -0.143. The van der Waals surface area contributed by atoms with Crippen LogP contribution >= 0.6 is 11.6 Å². The molecule has 1 aromatic carbocycles. The average molecular weight is 284 g/mol. The van der Waals surface area contributed by atoms with Gasteiger partial charge in [-0.15, -0.1) is 0 Å². The second kappa shape index (κ2) is 6.57. The van der Waals surface area contributed by atoms with E-state index in [0.29, 0.717) is 10.6 Å². The van der Waals surface area contributed by atoms with Crippen molar-refractivity contribution in [3.63, 3.8) is 0 Å². The molecular weight excluding hydrogens is 266 g/mol. The standard InChI is InChI=1S/C14H18ClNO3/c1-8(2)13(14(18)19)16-11(17)7-10-6-4-5-9(3)12(10)15/h4-6,8,13H,7H2,1-3H3,(H,16,17)(H,18,19)/t13-/m0/s1. The fourth-order valence-corrected chi connectivity index (χ4v) is 1.95. The minimum absolute atomic E-state index is 0.0804. The average Bonchev–Trinajstić information content (AvgIpc) is 2.31.